The number of fused-ring (bicyclic) bond motifs is 2. The first-order valence-electron chi connectivity index (χ1n) is 10.1. The molecule has 32 heavy (non-hydrogen) atoms. The van der Waals surface area contributed by atoms with Crippen molar-refractivity contribution in [3.05, 3.63) is 99.3 Å². The summed E-state index contributed by atoms with van der Waals surface area (Å²) < 4.78 is 4.51. The predicted molar refractivity (Wildman–Crippen MR) is 130 cm³/mol. The molecule has 0 fully saturated rings. The van der Waals surface area contributed by atoms with Crippen LogP contribution in [0.2, 0.25) is 0 Å². The minimum absolute atomic E-state index is 0.0313. The number of hydrogen-bond acceptors (Lipinski definition) is 3. The fraction of sp³-hybridized carbons (Fsp3) is 0.0800. The number of pyridine rings is 1. The summed E-state index contributed by atoms with van der Waals surface area (Å²) in [6.07, 6.45) is 0. The van der Waals surface area contributed by atoms with Crippen LogP contribution in [-0.4, -0.2) is 20.3 Å². The van der Waals surface area contributed by atoms with Crippen molar-refractivity contribution in [3.8, 4) is 5.69 Å². The number of aromatic nitrogens is 3. The quantitative estimate of drug-likeness (QED) is 0.361. The van der Waals surface area contributed by atoms with Crippen molar-refractivity contribution in [1.82, 2.24) is 14.3 Å². The number of para-hydroxylation sites is 2. The van der Waals surface area contributed by atoms with Gasteiger partial charge in [-0.25, -0.2) is 4.68 Å². The van der Waals surface area contributed by atoms with E-state index in [-0.39, 0.29) is 17.9 Å². The number of carbonyl (C=O) groups is 1. The zero-order chi connectivity index (χ0) is 22.2. The smallest absolute Gasteiger partial charge is 0.245 e. The molecule has 158 valence electrons. The minimum atomic E-state index is -0.208. The van der Waals surface area contributed by atoms with Gasteiger partial charge < -0.3 is 9.88 Å². The van der Waals surface area contributed by atoms with Gasteiger partial charge in [-0.3, -0.25) is 9.59 Å². The van der Waals surface area contributed by atoms with Crippen LogP contribution in [-0.2, 0) is 11.3 Å². The Hall–Kier alpha value is -3.71. The van der Waals surface area contributed by atoms with Gasteiger partial charge in [0.2, 0.25) is 5.91 Å². The van der Waals surface area contributed by atoms with Gasteiger partial charge in [0.25, 0.3) is 0 Å². The highest BCUT2D eigenvalue weighted by Crippen LogP contribution is 2.22. The summed E-state index contributed by atoms with van der Waals surface area (Å²) in [5.41, 5.74) is 3.05. The Bertz CT molecular complexity index is 1490. The molecule has 0 bridgehead atoms. The molecule has 7 heteroatoms. The van der Waals surface area contributed by atoms with Crippen molar-refractivity contribution in [2.75, 3.05) is 5.32 Å². The molecule has 6 nitrogen and oxygen atoms in total. The van der Waals surface area contributed by atoms with E-state index in [1.165, 1.54) is 0 Å². The van der Waals surface area contributed by atoms with Crippen LogP contribution >= 0.6 is 15.9 Å². The zero-order valence-corrected chi connectivity index (χ0v) is 18.8. The standard InChI is InChI=1S/C25H19BrN4O2/c1-16-13-23(30(28-16)18-8-6-7-17(26)14-18)27-24(31)15-29-21-11-4-2-9-19(21)25(32)20-10-3-5-12-22(20)29/h2-14H,15H2,1H3,(H,27,31). The molecule has 3 aromatic carbocycles. The molecule has 0 radical (unpaired) electrons. The summed E-state index contributed by atoms with van der Waals surface area (Å²) >= 11 is 3.48. The van der Waals surface area contributed by atoms with Crippen LogP contribution in [0.3, 0.4) is 0 Å². The van der Waals surface area contributed by atoms with E-state index in [4.69, 9.17) is 0 Å². The van der Waals surface area contributed by atoms with Gasteiger partial charge in [0, 0.05) is 21.3 Å². The molecule has 2 aromatic heterocycles. The number of nitrogens with zero attached hydrogens (tertiary/aromatic N) is 3. The van der Waals surface area contributed by atoms with E-state index in [0.29, 0.717) is 16.6 Å². The first kappa shape index (κ1) is 20.2. The fourth-order valence-corrected chi connectivity index (χ4v) is 4.35. The molecule has 0 aliphatic heterocycles. The van der Waals surface area contributed by atoms with Gasteiger partial charge in [0.1, 0.15) is 12.4 Å². The molecule has 0 atom stereocenters. The topological polar surface area (TPSA) is 68.9 Å². The van der Waals surface area contributed by atoms with Crippen LogP contribution in [0, 0.1) is 6.92 Å². The van der Waals surface area contributed by atoms with Crippen LogP contribution in [0.5, 0.6) is 0 Å². The number of aryl methyl sites for hydroxylation is 1. The second kappa shape index (κ2) is 8.09. The Kier molecular flexibility index (Phi) is 5.11. The van der Waals surface area contributed by atoms with Crippen LogP contribution < -0.4 is 10.7 Å². The van der Waals surface area contributed by atoms with Crippen LogP contribution in [0.4, 0.5) is 5.82 Å². The highest BCUT2D eigenvalue weighted by molar-refractivity contribution is 9.10. The van der Waals surface area contributed by atoms with Crippen molar-refractivity contribution >= 4 is 49.5 Å². The Morgan fingerprint density at radius 1 is 0.938 bits per heavy atom. The molecule has 0 aliphatic rings. The molecule has 0 saturated heterocycles. The van der Waals surface area contributed by atoms with Crippen molar-refractivity contribution < 1.29 is 4.79 Å². The van der Waals surface area contributed by atoms with E-state index in [1.54, 1.807) is 16.8 Å². The van der Waals surface area contributed by atoms with Gasteiger partial charge in [0.05, 0.1) is 22.4 Å². The number of nitrogens with one attached hydrogen (secondary N) is 1. The lowest BCUT2D eigenvalue weighted by atomic mass is 10.1. The first-order chi connectivity index (χ1) is 15.5. The maximum Gasteiger partial charge on any atom is 0.245 e. The van der Waals surface area contributed by atoms with E-state index in [9.17, 15) is 9.59 Å². The summed E-state index contributed by atoms with van der Waals surface area (Å²) in [5.74, 6) is 0.375. The Morgan fingerprint density at radius 3 is 2.25 bits per heavy atom. The Balaban J connectivity index is 1.55. The summed E-state index contributed by atoms with van der Waals surface area (Å²) in [5, 5.41) is 8.70. The second-order valence-corrected chi connectivity index (χ2v) is 8.48. The van der Waals surface area contributed by atoms with E-state index in [1.807, 2.05) is 78.2 Å². The summed E-state index contributed by atoms with van der Waals surface area (Å²) in [4.78, 5) is 26.1. The molecule has 1 N–H and O–H groups in total. The lowest BCUT2D eigenvalue weighted by Crippen LogP contribution is -2.22. The fourth-order valence-electron chi connectivity index (χ4n) is 3.97. The normalized spacial score (nSPS) is 11.2. The number of rotatable bonds is 4. The highest BCUT2D eigenvalue weighted by Gasteiger charge is 2.15. The van der Waals surface area contributed by atoms with Crippen molar-refractivity contribution in [3.63, 3.8) is 0 Å². The molecular formula is C25H19BrN4O2. The maximum atomic E-state index is 13.2. The van der Waals surface area contributed by atoms with Crippen LogP contribution in [0.1, 0.15) is 5.69 Å². The largest absolute Gasteiger partial charge is 0.331 e. The highest BCUT2D eigenvalue weighted by atomic mass is 79.9. The third-order valence-corrected chi connectivity index (χ3v) is 5.83. The average Bonchev–Trinajstić information content (AvgIpc) is 3.16. The Labute approximate surface area is 192 Å². The molecule has 2 heterocycles. The van der Waals surface area contributed by atoms with E-state index < -0.39 is 0 Å². The monoisotopic (exact) mass is 486 g/mol. The second-order valence-electron chi connectivity index (χ2n) is 7.56. The van der Waals surface area contributed by atoms with Gasteiger partial charge in [-0.15, -0.1) is 0 Å². The van der Waals surface area contributed by atoms with Crippen molar-refractivity contribution in [2.24, 2.45) is 0 Å². The maximum absolute atomic E-state index is 13.2. The van der Waals surface area contributed by atoms with Gasteiger partial charge in [-0.2, -0.15) is 5.10 Å². The summed E-state index contributed by atoms with van der Waals surface area (Å²) in [7, 11) is 0. The lowest BCUT2D eigenvalue weighted by Gasteiger charge is -2.15. The number of amides is 1. The number of benzene rings is 3. The molecule has 0 saturated carbocycles. The van der Waals surface area contributed by atoms with E-state index in [2.05, 4.69) is 26.3 Å². The van der Waals surface area contributed by atoms with E-state index in [0.717, 1.165) is 26.9 Å². The van der Waals surface area contributed by atoms with E-state index >= 15 is 0 Å². The molecule has 1 amide bonds. The molecule has 5 aromatic rings. The zero-order valence-electron chi connectivity index (χ0n) is 17.2. The van der Waals surface area contributed by atoms with Crippen LogP contribution in [0.25, 0.3) is 27.5 Å². The van der Waals surface area contributed by atoms with Gasteiger partial charge in [-0.05, 0) is 49.4 Å². The SMILES string of the molecule is Cc1cc(NC(=O)Cn2c3ccccc3c(=O)c3ccccc32)n(-c2cccc(Br)c2)n1. The van der Waals surface area contributed by atoms with Crippen molar-refractivity contribution in [1.29, 1.82) is 0 Å². The number of halogens is 1. The molecule has 0 unspecified atom stereocenters. The molecule has 0 spiro atoms. The molecular weight excluding hydrogens is 468 g/mol. The lowest BCUT2D eigenvalue weighted by molar-refractivity contribution is -0.116. The van der Waals surface area contributed by atoms with Gasteiger partial charge in [0.15, 0.2) is 5.43 Å². The number of carbonyl (C=O) groups excluding carboxylic acids is 1. The Morgan fingerprint density at radius 2 is 1.59 bits per heavy atom. The predicted octanol–water partition coefficient (Wildman–Crippen LogP) is 5.05. The molecule has 5 rings (SSSR count). The van der Waals surface area contributed by atoms with Gasteiger partial charge >= 0.3 is 0 Å². The van der Waals surface area contributed by atoms with Crippen LogP contribution in [0.15, 0.2) is 88.1 Å². The summed E-state index contributed by atoms with van der Waals surface area (Å²) in [6.45, 7) is 1.94. The first-order valence-corrected chi connectivity index (χ1v) is 10.9. The third-order valence-electron chi connectivity index (χ3n) is 5.33. The van der Waals surface area contributed by atoms with Crippen molar-refractivity contribution in [2.45, 2.75) is 13.5 Å². The third kappa shape index (κ3) is 3.61. The summed E-state index contributed by atoms with van der Waals surface area (Å²) in [6, 6.07) is 24.3. The number of hydrogen-bond donors (Lipinski definition) is 1. The number of anilines is 1. The average molecular weight is 487 g/mol. The molecule has 0 aliphatic carbocycles. The minimum Gasteiger partial charge on any atom is -0.331 e. The van der Waals surface area contributed by atoms with Gasteiger partial charge in [-0.1, -0.05) is 46.3 Å².